The SMILES string of the molecule is OCCCc1cccc(NCC2CCCC2)c1. The van der Waals surface area contributed by atoms with Crippen LogP contribution < -0.4 is 5.32 Å². The van der Waals surface area contributed by atoms with E-state index in [1.165, 1.54) is 36.9 Å². The summed E-state index contributed by atoms with van der Waals surface area (Å²) in [6, 6.07) is 8.59. The van der Waals surface area contributed by atoms with Gasteiger partial charge in [0, 0.05) is 18.8 Å². The second-order valence-corrected chi connectivity index (χ2v) is 5.06. The Balaban J connectivity index is 1.82. The van der Waals surface area contributed by atoms with Gasteiger partial charge in [-0.05, 0) is 49.3 Å². The van der Waals surface area contributed by atoms with E-state index in [9.17, 15) is 0 Å². The van der Waals surface area contributed by atoms with Crippen molar-refractivity contribution < 1.29 is 5.11 Å². The molecule has 2 rings (SSSR count). The Bertz CT molecular complexity index is 331. The first-order chi connectivity index (χ1) is 8.38. The predicted octanol–water partition coefficient (Wildman–Crippen LogP) is 3.21. The van der Waals surface area contributed by atoms with Crippen molar-refractivity contribution in [1.82, 2.24) is 0 Å². The Morgan fingerprint density at radius 3 is 2.82 bits per heavy atom. The van der Waals surface area contributed by atoms with Crippen LogP contribution in [0.3, 0.4) is 0 Å². The summed E-state index contributed by atoms with van der Waals surface area (Å²) >= 11 is 0. The van der Waals surface area contributed by atoms with Gasteiger partial charge in [0.05, 0.1) is 0 Å². The largest absolute Gasteiger partial charge is 0.396 e. The summed E-state index contributed by atoms with van der Waals surface area (Å²) in [5.74, 6) is 0.871. The van der Waals surface area contributed by atoms with Gasteiger partial charge in [0.1, 0.15) is 0 Å². The highest BCUT2D eigenvalue weighted by molar-refractivity contribution is 5.45. The van der Waals surface area contributed by atoms with E-state index < -0.39 is 0 Å². The number of nitrogens with one attached hydrogen (secondary N) is 1. The zero-order chi connectivity index (χ0) is 11.9. The highest BCUT2D eigenvalue weighted by Gasteiger charge is 2.14. The Kier molecular flexibility index (Phi) is 4.87. The second kappa shape index (κ2) is 6.65. The van der Waals surface area contributed by atoms with Crippen LogP contribution in [-0.4, -0.2) is 18.3 Å². The van der Waals surface area contributed by atoms with Crippen molar-refractivity contribution in [3.05, 3.63) is 29.8 Å². The molecule has 0 bridgehead atoms. The van der Waals surface area contributed by atoms with E-state index in [1.807, 2.05) is 0 Å². The number of benzene rings is 1. The van der Waals surface area contributed by atoms with Crippen molar-refractivity contribution in [2.75, 3.05) is 18.5 Å². The Labute approximate surface area is 104 Å². The molecular formula is C15H23NO. The molecule has 0 amide bonds. The van der Waals surface area contributed by atoms with Crippen LogP contribution in [0.15, 0.2) is 24.3 Å². The fourth-order valence-corrected chi connectivity index (χ4v) is 2.60. The van der Waals surface area contributed by atoms with E-state index in [-0.39, 0.29) is 6.61 Å². The molecule has 0 unspecified atom stereocenters. The second-order valence-electron chi connectivity index (χ2n) is 5.06. The summed E-state index contributed by atoms with van der Waals surface area (Å²) in [5, 5.41) is 12.4. The van der Waals surface area contributed by atoms with Crippen molar-refractivity contribution in [1.29, 1.82) is 0 Å². The van der Waals surface area contributed by atoms with Crippen molar-refractivity contribution in [3.63, 3.8) is 0 Å². The summed E-state index contributed by atoms with van der Waals surface area (Å²) in [4.78, 5) is 0. The summed E-state index contributed by atoms with van der Waals surface area (Å²) < 4.78 is 0. The number of hydrogen-bond acceptors (Lipinski definition) is 2. The van der Waals surface area contributed by atoms with Gasteiger partial charge < -0.3 is 10.4 Å². The average Bonchev–Trinajstić information content (AvgIpc) is 2.87. The lowest BCUT2D eigenvalue weighted by Crippen LogP contribution is -2.10. The highest BCUT2D eigenvalue weighted by Crippen LogP contribution is 2.25. The van der Waals surface area contributed by atoms with Crippen LogP contribution in [0.25, 0.3) is 0 Å². The number of hydrogen-bond donors (Lipinski definition) is 2. The number of anilines is 1. The number of aliphatic hydroxyl groups is 1. The van der Waals surface area contributed by atoms with Gasteiger partial charge in [-0.15, -0.1) is 0 Å². The third-order valence-electron chi connectivity index (χ3n) is 3.62. The highest BCUT2D eigenvalue weighted by atomic mass is 16.2. The van der Waals surface area contributed by atoms with E-state index in [1.54, 1.807) is 0 Å². The zero-order valence-corrected chi connectivity index (χ0v) is 10.5. The summed E-state index contributed by atoms with van der Waals surface area (Å²) in [7, 11) is 0. The number of aliphatic hydroxyl groups excluding tert-OH is 1. The molecule has 1 fully saturated rings. The Morgan fingerprint density at radius 2 is 2.06 bits per heavy atom. The quantitative estimate of drug-likeness (QED) is 0.790. The smallest absolute Gasteiger partial charge is 0.0434 e. The van der Waals surface area contributed by atoms with Crippen LogP contribution in [0.2, 0.25) is 0 Å². The molecule has 1 saturated carbocycles. The maximum absolute atomic E-state index is 8.83. The van der Waals surface area contributed by atoms with Gasteiger partial charge >= 0.3 is 0 Å². The predicted molar refractivity (Wildman–Crippen MR) is 72.3 cm³/mol. The molecule has 17 heavy (non-hydrogen) atoms. The monoisotopic (exact) mass is 233 g/mol. The van der Waals surface area contributed by atoms with Crippen molar-refractivity contribution in [2.45, 2.75) is 38.5 Å². The average molecular weight is 233 g/mol. The molecule has 2 N–H and O–H groups in total. The molecule has 1 aromatic rings. The first kappa shape index (κ1) is 12.4. The van der Waals surface area contributed by atoms with Gasteiger partial charge in [-0.1, -0.05) is 25.0 Å². The lowest BCUT2D eigenvalue weighted by atomic mass is 10.1. The molecule has 2 nitrogen and oxygen atoms in total. The molecule has 2 heteroatoms. The van der Waals surface area contributed by atoms with Gasteiger partial charge in [-0.3, -0.25) is 0 Å². The van der Waals surface area contributed by atoms with Gasteiger partial charge in [0.25, 0.3) is 0 Å². The van der Waals surface area contributed by atoms with Crippen LogP contribution in [0.5, 0.6) is 0 Å². The first-order valence-electron chi connectivity index (χ1n) is 6.82. The summed E-state index contributed by atoms with van der Waals surface area (Å²) in [5.41, 5.74) is 2.54. The molecule has 0 aliphatic heterocycles. The number of aryl methyl sites for hydroxylation is 1. The van der Waals surface area contributed by atoms with Crippen LogP contribution >= 0.6 is 0 Å². The van der Waals surface area contributed by atoms with Gasteiger partial charge in [0.15, 0.2) is 0 Å². The molecule has 0 saturated heterocycles. The van der Waals surface area contributed by atoms with Gasteiger partial charge in [0.2, 0.25) is 0 Å². The van der Waals surface area contributed by atoms with E-state index in [4.69, 9.17) is 5.11 Å². The minimum atomic E-state index is 0.278. The van der Waals surface area contributed by atoms with Gasteiger partial charge in [-0.25, -0.2) is 0 Å². The molecule has 0 heterocycles. The number of rotatable bonds is 6. The first-order valence-corrected chi connectivity index (χ1v) is 6.82. The normalized spacial score (nSPS) is 16.3. The third-order valence-corrected chi connectivity index (χ3v) is 3.62. The maximum Gasteiger partial charge on any atom is 0.0434 e. The maximum atomic E-state index is 8.83. The van der Waals surface area contributed by atoms with Crippen molar-refractivity contribution in [3.8, 4) is 0 Å². The summed E-state index contributed by atoms with van der Waals surface area (Å²) in [6.07, 6.45) is 7.40. The zero-order valence-electron chi connectivity index (χ0n) is 10.5. The third kappa shape index (κ3) is 4.04. The van der Waals surface area contributed by atoms with E-state index in [2.05, 4.69) is 29.6 Å². The van der Waals surface area contributed by atoms with Crippen molar-refractivity contribution in [2.24, 2.45) is 5.92 Å². The van der Waals surface area contributed by atoms with Crippen molar-refractivity contribution >= 4 is 5.69 Å². The van der Waals surface area contributed by atoms with Crippen LogP contribution in [0, 0.1) is 5.92 Å². The Hall–Kier alpha value is -1.02. The molecule has 0 radical (unpaired) electrons. The lowest BCUT2D eigenvalue weighted by Gasteiger charge is -2.12. The molecular weight excluding hydrogens is 210 g/mol. The van der Waals surface area contributed by atoms with E-state index in [0.717, 1.165) is 25.3 Å². The molecule has 0 spiro atoms. The van der Waals surface area contributed by atoms with Crippen LogP contribution in [0.1, 0.15) is 37.7 Å². The molecule has 94 valence electrons. The van der Waals surface area contributed by atoms with Crippen LogP contribution in [0.4, 0.5) is 5.69 Å². The van der Waals surface area contributed by atoms with Crippen LogP contribution in [-0.2, 0) is 6.42 Å². The van der Waals surface area contributed by atoms with Gasteiger partial charge in [-0.2, -0.15) is 0 Å². The fraction of sp³-hybridized carbons (Fsp3) is 0.600. The standard InChI is InChI=1S/C15H23NO/c17-10-4-8-13-7-3-9-15(11-13)16-12-14-5-1-2-6-14/h3,7,9,11,14,16-17H,1-2,4-6,8,10,12H2. The molecule has 1 aliphatic rings. The van der Waals surface area contributed by atoms with E-state index >= 15 is 0 Å². The minimum absolute atomic E-state index is 0.278. The Morgan fingerprint density at radius 1 is 1.24 bits per heavy atom. The van der Waals surface area contributed by atoms with E-state index in [0.29, 0.717) is 0 Å². The molecule has 1 aromatic carbocycles. The lowest BCUT2D eigenvalue weighted by molar-refractivity contribution is 0.288. The fourth-order valence-electron chi connectivity index (χ4n) is 2.60. The molecule has 0 aromatic heterocycles. The minimum Gasteiger partial charge on any atom is -0.396 e. The topological polar surface area (TPSA) is 32.3 Å². The summed E-state index contributed by atoms with van der Waals surface area (Å²) in [6.45, 7) is 1.39. The molecule has 0 atom stereocenters. The molecule has 1 aliphatic carbocycles.